The smallest absolute Gasteiger partial charge is 0.137 e. The van der Waals surface area contributed by atoms with Gasteiger partial charge in [-0.3, -0.25) is 4.57 Å². The van der Waals surface area contributed by atoms with E-state index in [0.29, 0.717) is 0 Å². The lowest BCUT2D eigenvalue weighted by Crippen LogP contribution is -2.27. The number of benzene rings is 6. The van der Waals surface area contributed by atoms with Crippen LogP contribution in [0, 0.1) is 0 Å². The van der Waals surface area contributed by atoms with Crippen LogP contribution in [0.25, 0.3) is 27.6 Å². The summed E-state index contributed by atoms with van der Waals surface area (Å²) in [6.07, 6.45) is 1.96. The van der Waals surface area contributed by atoms with Crippen molar-refractivity contribution in [2.24, 2.45) is 0 Å². The highest BCUT2D eigenvalue weighted by atomic mass is 15.4. The first-order valence-corrected chi connectivity index (χ1v) is 19.7. The first-order chi connectivity index (χ1) is 27.0. The number of anilines is 6. The van der Waals surface area contributed by atoms with Gasteiger partial charge in [-0.25, -0.2) is 4.98 Å². The zero-order valence-corrected chi connectivity index (χ0v) is 33.2. The van der Waals surface area contributed by atoms with Gasteiger partial charge in [0.2, 0.25) is 0 Å². The predicted molar refractivity (Wildman–Crippen MR) is 237 cm³/mol. The van der Waals surface area contributed by atoms with Crippen molar-refractivity contribution in [1.82, 2.24) is 9.55 Å². The van der Waals surface area contributed by atoms with E-state index in [4.69, 9.17) is 4.98 Å². The lowest BCUT2D eigenvalue weighted by molar-refractivity contribution is 0.588. The zero-order chi connectivity index (χ0) is 38.6. The van der Waals surface area contributed by atoms with Crippen molar-refractivity contribution >= 4 is 55.9 Å². The van der Waals surface area contributed by atoms with E-state index in [-0.39, 0.29) is 10.8 Å². The van der Waals surface area contributed by atoms with Crippen molar-refractivity contribution in [3.05, 3.63) is 181 Å². The average Bonchev–Trinajstić information content (AvgIpc) is 3.73. The van der Waals surface area contributed by atoms with Gasteiger partial charge in [0.1, 0.15) is 5.82 Å². The second-order valence-electron chi connectivity index (χ2n) is 17.1. The van der Waals surface area contributed by atoms with Crippen LogP contribution in [-0.2, 0) is 17.4 Å². The van der Waals surface area contributed by atoms with Crippen molar-refractivity contribution < 1.29 is 0 Å². The second-order valence-corrected chi connectivity index (χ2v) is 17.1. The van der Waals surface area contributed by atoms with Crippen LogP contribution in [0.1, 0.15) is 58.2 Å². The van der Waals surface area contributed by atoms with Gasteiger partial charge in [-0.15, -0.1) is 0 Å². The van der Waals surface area contributed by atoms with E-state index >= 15 is 0 Å². The third-order valence-electron chi connectivity index (χ3n) is 11.2. The number of nitrogens with zero attached hydrogens (tertiary/aromatic N) is 5. The third-order valence-corrected chi connectivity index (χ3v) is 11.2. The summed E-state index contributed by atoms with van der Waals surface area (Å²) in [4.78, 5) is 12.3. The molecule has 8 aromatic rings. The molecule has 0 aliphatic carbocycles. The van der Waals surface area contributed by atoms with E-state index < -0.39 is 0 Å². The molecule has 0 atom stereocenters. The highest BCUT2D eigenvalue weighted by Gasteiger charge is 2.28. The molecule has 0 fully saturated rings. The van der Waals surface area contributed by atoms with Crippen molar-refractivity contribution in [3.8, 4) is 5.82 Å². The van der Waals surface area contributed by atoms with E-state index in [1.165, 1.54) is 38.8 Å². The lowest BCUT2D eigenvalue weighted by Gasteiger charge is -2.28. The summed E-state index contributed by atoms with van der Waals surface area (Å²) in [7, 11) is 0. The first-order valence-electron chi connectivity index (χ1n) is 19.7. The van der Waals surface area contributed by atoms with Crippen LogP contribution in [0.4, 0.5) is 34.1 Å². The number of pyridine rings is 1. The Morgan fingerprint density at radius 1 is 0.536 bits per heavy atom. The molecule has 3 heterocycles. The van der Waals surface area contributed by atoms with Crippen molar-refractivity contribution in [3.63, 3.8) is 0 Å². The molecular formula is C51H49N5. The van der Waals surface area contributed by atoms with Crippen LogP contribution >= 0.6 is 0 Å². The molecule has 6 aromatic carbocycles. The molecule has 0 unspecified atom stereocenters. The van der Waals surface area contributed by atoms with Gasteiger partial charge in [0, 0.05) is 46.3 Å². The molecule has 5 heteroatoms. The van der Waals surface area contributed by atoms with E-state index in [1.54, 1.807) is 0 Å². The molecule has 278 valence electrons. The summed E-state index contributed by atoms with van der Waals surface area (Å²) < 4.78 is 2.36. The molecule has 0 saturated carbocycles. The van der Waals surface area contributed by atoms with Crippen LogP contribution in [0.15, 0.2) is 164 Å². The number of hydrogen-bond acceptors (Lipinski definition) is 4. The molecule has 0 amide bonds. The Hall–Kier alpha value is -6.33. The molecule has 1 aliphatic rings. The summed E-state index contributed by atoms with van der Waals surface area (Å²) in [6.45, 7) is 15.3. The molecule has 9 rings (SSSR count). The number of fused-ring (bicyclic) bond motifs is 4. The molecule has 0 saturated heterocycles. The maximum atomic E-state index is 5.00. The van der Waals surface area contributed by atoms with Crippen LogP contribution in [0.2, 0.25) is 0 Å². The average molecular weight is 732 g/mol. The fourth-order valence-electron chi connectivity index (χ4n) is 8.14. The molecule has 0 spiro atoms. The molecule has 0 radical (unpaired) electrons. The number of hydrogen-bond donors (Lipinski definition) is 0. The Morgan fingerprint density at radius 3 is 1.95 bits per heavy atom. The third kappa shape index (κ3) is 6.47. The molecule has 2 aromatic heterocycles. The largest absolute Gasteiger partial charge is 0.347 e. The van der Waals surface area contributed by atoms with E-state index in [2.05, 4.69) is 219 Å². The van der Waals surface area contributed by atoms with E-state index in [1.807, 2.05) is 6.20 Å². The first kappa shape index (κ1) is 35.4. The SMILES string of the molecule is CC(C)(C)c1ccnc(-n2c3ccc(C(C)(C)C)cc3c3ccc(N(c4ccccc4)c4cccc(N5CN(Cc6ccccc6)c6ccccc65)c4)cc32)c1. The van der Waals surface area contributed by atoms with Crippen molar-refractivity contribution in [2.75, 3.05) is 21.4 Å². The number of aromatic nitrogens is 2. The van der Waals surface area contributed by atoms with Crippen LogP contribution in [0.5, 0.6) is 0 Å². The van der Waals surface area contributed by atoms with Gasteiger partial charge in [0.25, 0.3) is 0 Å². The lowest BCUT2D eigenvalue weighted by atomic mass is 9.86. The molecule has 0 bridgehead atoms. The van der Waals surface area contributed by atoms with Crippen molar-refractivity contribution in [2.45, 2.75) is 58.9 Å². The summed E-state index contributed by atoms with van der Waals surface area (Å²) in [6, 6.07) is 57.5. The summed E-state index contributed by atoms with van der Waals surface area (Å²) in [5.74, 6) is 0.930. The number of rotatable bonds is 7. The minimum Gasteiger partial charge on any atom is -0.347 e. The van der Waals surface area contributed by atoms with Gasteiger partial charge >= 0.3 is 0 Å². The maximum absolute atomic E-state index is 5.00. The zero-order valence-electron chi connectivity index (χ0n) is 33.2. The Morgan fingerprint density at radius 2 is 1.20 bits per heavy atom. The Labute approximate surface area is 331 Å². The Bertz CT molecular complexity index is 2680. The van der Waals surface area contributed by atoms with Crippen LogP contribution < -0.4 is 14.7 Å². The highest BCUT2D eigenvalue weighted by Crippen LogP contribution is 2.45. The van der Waals surface area contributed by atoms with Crippen molar-refractivity contribution in [1.29, 1.82) is 0 Å². The maximum Gasteiger partial charge on any atom is 0.137 e. The van der Waals surface area contributed by atoms with E-state index in [0.717, 1.165) is 52.8 Å². The Kier molecular flexibility index (Phi) is 8.69. The predicted octanol–water partition coefficient (Wildman–Crippen LogP) is 13.4. The van der Waals surface area contributed by atoms with Gasteiger partial charge in [-0.2, -0.15) is 0 Å². The van der Waals surface area contributed by atoms with Gasteiger partial charge in [-0.05, 0) is 106 Å². The topological polar surface area (TPSA) is 27.5 Å². The van der Waals surface area contributed by atoms with Gasteiger partial charge in [-0.1, -0.05) is 120 Å². The molecule has 1 aliphatic heterocycles. The fraction of sp³-hybridized carbons (Fsp3) is 0.196. The Balaban J connectivity index is 1.19. The minimum atomic E-state index is -0.00935. The second kappa shape index (κ2) is 13.8. The molecular weight excluding hydrogens is 683 g/mol. The highest BCUT2D eigenvalue weighted by molar-refractivity contribution is 6.10. The van der Waals surface area contributed by atoms with E-state index in [9.17, 15) is 0 Å². The van der Waals surface area contributed by atoms with Crippen LogP contribution in [-0.4, -0.2) is 16.2 Å². The fourth-order valence-corrected chi connectivity index (χ4v) is 8.14. The summed E-state index contributed by atoms with van der Waals surface area (Å²) in [5, 5.41) is 2.45. The van der Waals surface area contributed by atoms with Gasteiger partial charge in [0.15, 0.2) is 0 Å². The normalized spacial score (nSPS) is 13.1. The molecule has 56 heavy (non-hydrogen) atoms. The summed E-state index contributed by atoms with van der Waals surface area (Å²) in [5.41, 5.74) is 13.1. The van der Waals surface area contributed by atoms with Gasteiger partial charge in [0.05, 0.1) is 29.1 Å². The summed E-state index contributed by atoms with van der Waals surface area (Å²) >= 11 is 0. The van der Waals surface area contributed by atoms with Crippen LogP contribution in [0.3, 0.4) is 0 Å². The minimum absolute atomic E-state index is 0.00935. The molecule has 5 nitrogen and oxygen atoms in total. The van der Waals surface area contributed by atoms with Gasteiger partial charge < -0.3 is 14.7 Å². The number of para-hydroxylation sites is 3. The monoisotopic (exact) mass is 731 g/mol. The standard InChI is InChI=1S/C51H49N5/c1-50(2,3)37-24-27-45-44(30-37)43-26-25-42(33-48(43)56(45)49-31-38(28-29-52-49)51(4,5)6)55(39-18-11-8-12-19-39)41-21-15-20-40(32-41)54-35-53(34-36-16-9-7-10-17-36)46-22-13-14-23-47(46)54/h7-33H,34-35H2,1-6H3. The quantitative estimate of drug-likeness (QED) is 0.163. The molecule has 0 N–H and O–H groups in total.